The molecule has 7 rings (SSSR count). The molecule has 0 aromatic carbocycles. The molecule has 0 aliphatic carbocycles. The average molecular weight is 413 g/mol. The van der Waals surface area contributed by atoms with Crippen LogP contribution in [0.2, 0.25) is 0 Å². The first-order valence-electron chi connectivity index (χ1n) is 10.5. The molecule has 31 heavy (non-hydrogen) atoms. The third-order valence-electron chi connectivity index (χ3n) is 6.48. The second-order valence-corrected chi connectivity index (χ2v) is 8.18. The predicted molar refractivity (Wildman–Crippen MR) is 118 cm³/mol. The van der Waals surface area contributed by atoms with Gasteiger partial charge in [0.2, 0.25) is 0 Å². The molecule has 7 heterocycles. The van der Waals surface area contributed by atoms with Crippen molar-refractivity contribution in [3.63, 3.8) is 0 Å². The SMILES string of the molecule is COc1ccncc1CN1C2CC1CN(c1ccc(-c3ncnc4[nH]ccc34)cn1)C2. The summed E-state index contributed by atoms with van der Waals surface area (Å²) in [7, 11) is 1.72. The lowest BCUT2D eigenvalue weighted by molar-refractivity contribution is -0.00924. The fourth-order valence-electron chi connectivity index (χ4n) is 4.88. The number of H-pyrrole nitrogens is 1. The van der Waals surface area contributed by atoms with E-state index in [1.807, 2.05) is 30.7 Å². The maximum Gasteiger partial charge on any atom is 0.141 e. The number of hydrogen-bond acceptors (Lipinski definition) is 7. The third kappa shape index (κ3) is 3.11. The minimum atomic E-state index is 0.534. The third-order valence-corrected chi connectivity index (χ3v) is 6.48. The van der Waals surface area contributed by atoms with Gasteiger partial charge in [-0.2, -0.15) is 0 Å². The van der Waals surface area contributed by atoms with Crippen molar-refractivity contribution in [2.45, 2.75) is 25.0 Å². The van der Waals surface area contributed by atoms with Crippen LogP contribution in [0.25, 0.3) is 22.3 Å². The molecule has 3 fully saturated rings. The van der Waals surface area contributed by atoms with Crippen molar-refractivity contribution in [2.75, 3.05) is 25.1 Å². The van der Waals surface area contributed by atoms with Crippen LogP contribution in [-0.2, 0) is 6.54 Å². The summed E-state index contributed by atoms with van der Waals surface area (Å²) in [6, 6.07) is 9.22. The van der Waals surface area contributed by atoms with Crippen molar-refractivity contribution in [1.29, 1.82) is 0 Å². The van der Waals surface area contributed by atoms with Crippen LogP contribution in [0, 0.1) is 0 Å². The number of aromatic nitrogens is 5. The van der Waals surface area contributed by atoms with Gasteiger partial charge in [0.05, 0.1) is 12.8 Å². The summed E-state index contributed by atoms with van der Waals surface area (Å²) < 4.78 is 5.50. The average Bonchev–Trinajstić information content (AvgIpc) is 3.32. The van der Waals surface area contributed by atoms with E-state index < -0.39 is 0 Å². The smallest absolute Gasteiger partial charge is 0.141 e. The van der Waals surface area contributed by atoms with Gasteiger partial charge in [-0.15, -0.1) is 0 Å². The molecule has 4 aromatic rings. The van der Waals surface area contributed by atoms with Gasteiger partial charge in [0, 0.05) is 73.0 Å². The molecule has 2 unspecified atom stereocenters. The number of pyridine rings is 2. The number of anilines is 1. The quantitative estimate of drug-likeness (QED) is 0.539. The van der Waals surface area contributed by atoms with Crippen molar-refractivity contribution < 1.29 is 4.74 Å². The summed E-state index contributed by atoms with van der Waals surface area (Å²) in [6.45, 7) is 2.86. The highest BCUT2D eigenvalue weighted by Crippen LogP contribution is 2.36. The second kappa shape index (κ2) is 7.31. The van der Waals surface area contributed by atoms with Crippen LogP contribution >= 0.6 is 0 Å². The number of nitrogens with zero attached hydrogens (tertiary/aromatic N) is 6. The minimum Gasteiger partial charge on any atom is -0.496 e. The topological polar surface area (TPSA) is 83.1 Å². The van der Waals surface area contributed by atoms with Crippen LogP contribution < -0.4 is 9.64 Å². The zero-order valence-electron chi connectivity index (χ0n) is 17.3. The van der Waals surface area contributed by atoms with E-state index in [2.05, 4.69) is 41.9 Å². The first-order chi connectivity index (χ1) is 15.3. The summed E-state index contributed by atoms with van der Waals surface area (Å²) in [5.74, 6) is 1.94. The summed E-state index contributed by atoms with van der Waals surface area (Å²) >= 11 is 0. The highest BCUT2D eigenvalue weighted by molar-refractivity contribution is 5.90. The number of ether oxygens (including phenoxy) is 1. The molecule has 3 aliphatic heterocycles. The number of nitrogens with one attached hydrogen (secondary N) is 1. The van der Waals surface area contributed by atoms with Crippen LogP contribution in [0.4, 0.5) is 5.82 Å². The number of piperidine rings is 1. The van der Waals surface area contributed by atoms with Gasteiger partial charge < -0.3 is 14.6 Å². The number of methoxy groups -OCH3 is 1. The van der Waals surface area contributed by atoms with Gasteiger partial charge in [0.15, 0.2) is 0 Å². The standard InChI is InChI=1S/C23H23N7O/c1-31-20-5-6-24-9-16(20)11-30-17-8-18(30)13-29(12-17)21-3-2-15(10-26-21)22-19-4-7-25-23(19)28-14-27-22/h2-7,9-10,14,17-18H,8,11-13H2,1H3,(H,25,27,28). The molecule has 0 amide bonds. The normalized spacial score (nSPS) is 20.6. The lowest BCUT2D eigenvalue weighted by Crippen LogP contribution is -2.68. The van der Waals surface area contributed by atoms with Crippen molar-refractivity contribution in [1.82, 2.24) is 29.8 Å². The zero-order chi connectivity index (χ0) is 20.8. The van der Waals surface area contributed by atoms with Gasteiger partial charge in [0.25, 0.3) is 0 Å². The Morgan fingerprint density at radius 2 is 1.97 bits per heavy atom. The Kier molecular flexibility index (Phi) is 4.31. The molecule has 2 atom stereocenters. The first kappa shape index (κ1) is 18.3. The van der Waals surface area contributed by atoms with E-state index in [-0.39, 0.29) is 0 Å². The monoisotopic (exact) mass is 413 g/mol. The summed E-state index contributed by atoms with van der Waals surface area (Å²) in [6.07, 6.45) is 10.3. The second-order valence-electron chi connectivity index (χ2n) is 8.18. The number of aromatic amines is 1. The summed E-state index contributed by atoms with van der Waals surface area (Å²) in [4.78, 5) is 25.9. The van der Waals surface area contributed by atoms with E-state index in [1.165, 1.54) is 6.42 Å². The minimum absolute atomic E-state index is 0.534. The Hall–Kier alpha value is -3.52. The molecule has 156 valence electrons. The molecule has 8 heteroatoms. The molecular weight excluding hydrogens is 390 g/mol. The number of piperazine rings is 1. The van der Waals surface area contributed by atoms with Gasteiger partial charge in [0.1, 0.15) is 23.5 Å². The largest absolute Gasteiger partial charge is 0.496 e. The molecular formula is C23H23N7O. The maximum absolute atomic E-state index is 5.50. The van der Waals surface area contributed by atoms with E-state index >= 15 is 0 Å². The van der Waals surface area contributed by atoms with Gasteiger partial charge >= 0.3 is 0 Å². The first-order valence-corrected chi connectivity index (χ1v) is 10.5. The molecule has 4 aromatic heterocycles. The van der Waals surface area contributed by atoms with Crippen LogP contribution in [-0.4, -0.2) is 62.1 Å². The lowest BCUT2D eigenvalue weighted by Gasteiger charge is -2.56. The van der Waals surface area contributed by atoms with Crippen molar-refractivity contribution in [3.05, 3.63) is 60.9 Å². The maximum atomic E-state index is 5.50. The van der Waals surface area contributed by atoms with E-state index in [9.17, 15) is 0 Å². The van der Waals surface area contributed by atoms with Gasteiger partial charge in [-0.3, -0.25) is 9.88 Å². The predicted octanol–water partition coefficient (Wildman–Crippen LogP) is 2.89. The van der Waals surface area contributed by atoms with Crippen LogP contribution in [0.5, 0.6) is 5.75 Å². The molecule has 3 saturated heterocycles. The van der Waals surface area contributed by atoms with E-state index in [0.717, 1.165) is 59.1 Å². The van der Waals surface area contributed by atoms with Crippen molar-refractivity contribution in [3.8, 4) is 17.0 Å². The molecule has 1 N–H and O–H groups in total. The molecule has 2 bridgehead atoms. The van der Waals surface area contributed by atoms with E-state index in [1.54, 1.807) is 19.6 Å². The molecule has 8 nitrogen and oxygen atoms in total. The molecule has 0 spiro atoms. The number of rotatable bonds is 5. The Morgan fingerprint density at radius 1 is 1.06 bits per heavy atom. The van der Waals surface area contributed by atoms with Crippen LogP contribution in [0.15, 0.2) is 55.4 Å². The van der Waals surface area contributed by atoms with Gasteiger partial charge in [-0.25, -0.2) is 15.0 Å². The highest BCUT2D eigenvalue weighted by atomic mass is 16.5. The fraction of sp³-hybridized carbons (Fsp3) is 0.304. The Labute approximate surface area is 179 Å². The summed E-state index contributed by atoms with van der Waals surface area (Å²) in [5, 5.41) is 1.01. The van der Waals surface area contributed by atoms with Crippen molar-refractivity contribution >= 4 is 16.9 Å². The molecule has 3 aliphatic rings. The van der Waals surface area contributed by atoms with Gasteiger partial charge in [-0.1, -0.05) is 0 Å². The van der Waals surface area contributed by atoms with Gasteiger partial charge in [-0.05, 0) is 30.7 Å². The van der Waals surface area contributed by atoms with Crippen LogP contribution in [0.3, 0.4) is 0 Å². The van der Waals surface area contributed by atoms with E-state index in [4.69, 9.17) is 9.72 Å². The Morgan fingerprint density at radius 3 is 2.77 bits per heavy atom. The molecule has 0 saturated carbocycles. The fourth-order valence-corrected chi connectivity index (χ4v) is 4.88. The lowest BCUT2D eigenvalue weighted by atomic mass is 9.87. The van der Waals surface area contributed by atoms with Crippen LogP contribution in [0.1, 0.15) is 12.0 Å². The van der Waals surface area contributed by atoms with E-state index in [0.29, 0.717) is 12.1 Å². The number of hydrogen-bond donors (Lipinski definition) is 1. The highest BCUT2D eigenvalue weighted by Gasteiger charge is 2.44. The summed E-state index contributed by atoms with van der Waals surface area (Å²) in [5.41, 5.74) is 3.90. The Bertz CT molecular complexity index is 1210. The zero-order valence-corrected chi connectivity index (χ0v) is 17.3. The Balaban J connectivity index is 1.17. The van der Waals surface area contributed by atoms with Crippen molar-refractivity contribution in [2.24, 2.45) is 0 Å². The molecule has 0 radical (unpaired) electrons. The number of fused-ring (bicyclic) bond motifs is 3.